The molecule has 0 aromatic carbocycles. The number of ether oxygens (including phenoxy) is 1. The van der Waals surface area contributed by atoms with Gasteiger partial charge in [0.25, 0.3) is 0 Å². The Labute approximate surface area is 154 Å². The van der Waals surface area contributed by atoms with Crippen molar-refractivity contribution in [2.24, 2.45) is 5.41 Å². The summed E-state index contributed by atoms with van der Waals surface area (Å²) in [6.45, 7) is 6.10. The maximum atomic E-state index is 9.14. The van der Waals surface area contributed by atoms with Gasteiger partial charge in [-0.3, -0.25) is 4.90 Å². The number of likely N-dealkylation sites (tertiary alicyclic amines) is 1. The fraction of sp³-hybridized carbons (Fsp3) is 0.500. The zero-order valence-electron chi connectivity index (χ0n) is 14.9. The normalized spacial score (nSPS) is 24.3. The number of anilines is 1. The topological polar surface area (TPSA) is 65.5 Å². The molecule has 2 aromatic heterocycles. The largest absolute Gasteiger partial charge is 0.468 e. The van der Waals surface area contributed by atoms with Crippen molar-refractivity contribution in [1.82, 2.24) is 9.88 Å². The van der Waals surface area contributed by atoms with Crippen molar-refractivity contribution >= 4 is 5.82 Å². The van der Waals surface area contributed by atoms with Crippen LogP contribution in [0, 0.1) is 16.7 Å². The van der Waals surface area contributed by atoms with Crippen molar-refractivity contribution in [3.63, 3.8) is 0 Å². The molecule has 4 heterocycles. The SMILES string of the molecule is N#Cc1cccc(N2CCOC[C@]3(CCCN(Cc4ccco4)C3)C2)n1. The summed E-state index contributed by atoms with van der Waals surface area (Å²) in [6.07, 6.45) is 4.04. The third-order valence-corrected chi connectivity index (χ3v) is 5.31. The van der Waals surface area contributed by atoms with E-state index in [1.165, 1.54) is 0 Å². The average Bonchev–Trinajstić information content (AvgIpc) is 3.09. The maximum Gasteiger partial charge on any atom is 0.142 e. The number of aromatic nitrogens is 1. The molecular formula is C20H24N4O2. The fourth-order valence-corrected chi connectivity index (χ4v) is 4.17. The molecule has 2 aliphatic heterocycles. The van der Waals surface area contributed by atoms with Crippen LogP contribution >= 0.6 is 0 Å². The first kappa shape index (κ1) is 17.1. The molecule has 1 atom stereocenters. The first-order valence-corrected chi connectivity index (χ1v) is 9.21. The van der Waals surface area contributed by atoms with E-state index in [0.717, 1.165) is 63.8 Å². The highest BCUT2D eigenvalue weighted by Crippen LogP contribution is 2.34. The van der Waals surface area contributed by atoms with Gasteiger partial charge in [-0.2, -0.15) is 5.26 Å². The summed E-state index contributed by atoms with van der Waals surface area (Å²) in [6, 6.07) is 11.8. The second-order valence-electron chi connectivity index (χ2n) is 7.36. The van der Waals surface area contributed by atoms with Crippen molar-refractivity contribution in [3.05, 3.63) is 48.0 Å². The summed E-state index contributed by atoms with van der Waals surface area (Å²) < 4.78 is 11.5. The van der Waals surface area contributed by atoms with Gasteiger partial charge in [-0.15, -0.1) is 0 Å². The molecule has 6 heteroatoms. The van der Waals surface area contributed by atoms with Crippen molar-refractivity contribution in [3.8, 4) is 6.07 Å². The van der Waals surface area contributed by atoms with Crippen LogP contribution in [0.3, 0.4) is 0 Å². The second-order valence-corrected chi connectivity index (χ2v) is 7.36. The predicted octanol–water partition coefficient (Wildman–Crippen LogP) is 2.67. The molecule has 2 fully saturated rings. The van der Waals surface area contributed by atoms with Gasteiger partial charge in [-0.1, -0.05) is 6.07 Å². The van der Waals surface area contributed by atoms with Gasteiger partial charge in [0.1, 0.15) is 23.3 Å². The number of nitrogens with zero attached hydrogens (tertiary/aromatic N) is 4. The van der Waals surface area contributed by atoms with Crippen LogP contribution in [-0.2, 0) is 11.3 Å². The first-order chi connectivity index (χ1) is 12.8. The molecule has 2 aliphatic rings. The Morgan fingerprint density at radius 2 is 2.15 bits per heavy atom. The Morgan fingerprint density at radius 1 is 1.19 bits per heavy atom. The Balaban J connectivity index is 1.51. The summed E-state index contributed by atoms with van der Waals surface area (Å²) in [5.74, 6) is 1.88. The van der Waals surface area contributed by atoms with E-state index in [1.54, 1.807) is 12.3 Å². The Hall–Kier alpha value is -2.36. The standard InChI is InChI=1S/C20H24N4O2/c21-12-17-4-1-6-19(22-17)24-9-11-25-16-20(15-24)7-3-8-23(14-20)13-18-5-2-10-26-18/h1-2,4-6,10H,3,7-9,11,13-16H2/t20-/m0/s1. The van der Waals surface area contributed by atoms with Gasteiger partial charge in [0.15, 0.2) is 0 Å². The Morgan fingerprint density at radius 3 is 3.00 bits per heavy atom. The Kier molecular flexibility index (Phi) is 4.91. The van der Waals surface area contributed by atoms with Crippen LogP contribution in [0.15, 0.2) is 41.0 Å². The number of furan rings is 1. The number of piperidine rings is 1. The van der Waals surface area contributed by atoms with Crippen LogP contribution in [0.25, 0.3) is 0 Å². The van der Waals surface area contributed by atoms with E-state index >= 15 is 0 Å². The van der Waals surface area contributed by atoms with E-state index in [1.807, 2.05) is 24.3 Å². The zero-order chi connectivity index (χ0) is 17.8. The summed E-state index contributed by atoms with van der Waals surface area (Å²) >= 11 is 0. The minimum atomic E-state index is 0.0890. The summed E-state index contributed by atoms with van der Waals surface area (Å²) in [5.41, 5.74) is 0.552. The molecule has 0 radical (unpaired) electrons. The highest BCUT2D eigenvalue weighted by atomic mass is 16.5. The molecule has 0 bridgehead atoms. The van der Waals surface area contributed by atoms with E-state index in [4.69, 9.17) is 14.4 Å². The molecule has 0 saturated carbocycles. The van der Waals surface area contributed by atoms with E-state index in [2.05, 4.69) is 20.9 Å². The van der Waals surface area contributed by atoms with Crippen LogP contribution in [0.1, 0.15) is 24.3 Å². The molecule has 0 amide bonds. The molecule has 2 saturated heterocycles. The minimum Gasteiger partial charge on any atom is -0.468 e. The molecule has 4 rings (SSSR count). The zero-order valence-corrected chi connectivity index (χ0v) is 14.9. The average molecular weight is 352 g/mol. The number of rotatable bonds is 3. The van der Waals surface area contributed by atoms with Crippen LogP contribution in [0.4, 0.5) is 5.82 Å². The van der Waals surface area contributed by atoms with Gasteiger partial charge in [-0.05, 0) is 43.7 Å². The van der Waals surface area contributed by atoms with Gasteiger partial charge >= 0.3 is 0 Å². The van der Waals surface area contributed by atoms with Gasteiger partial charge < -0.3 is 14.1 Å². The quantitative estimate of drug-likeness (QED) is 0.846. The summed E-state index contributed by atoms with van der Waals surface area (Å²) in [7, 11) is 0. The lowest BCUT2D eigenvalue weighted by molar-refractivity contribution is 0.00879. The highest BCUT2D eigenvalue weighted by Gasteiger charge is 2.39. The molecule has 0 N–H and O–H groups in total. The summed E-state index contributed by atoms with van der Waals surface area (Å²) in [4.78, 5) is 9.24. The maximum absolute atomic E-state index is 9.14. The second kappa shape index (κ2) is 7.48. The highest BCUT2D eigenvalue weighted by molar-refractivity contribution is 5.42. The summed E-state index contributed by atoms with van der Waals surface area (Å²) in [5, 5.41) is 9.14. The molecule has 136 valence electrons. The van der Waals surface area contributed by atoms with Crippen LogP contribution in [0.5, 0.6) is 0 Å². The lowest BCUT2D eigenvalue weighted by Crippen LogP contribution is -2.50. The van der Waals surface area contributed by atoms with E-state index in [-0.39, 0.29) is 5.41 Å². The number of hydrogen-bond donors (Lipinski definition) is 0. The van der Waals surface area contributed by atoms with Crippen LogP contribution in [-0.4, -0.2) is 49.3 Å². The smallest absolute Gasteiger partial charge is 0.142 e. The van der Waals surface area contributed by atoms with Crippen molar-refractivity contribution < 1.29 is 9.15 Å². The molecule has 6 nitrogen and oxygen atoms in total. The van der Waals surface area contributed by atoms with E-state index in [0.29, 0.717) is 12.3 Å². The van der Waals surface area contributed by atoms with Gasteiger partial charge in [-0.25, -0.2) is 4.98 Å². The number of pyridine rings is 1. The van der Waals surface area contributed by atoms with Crippen molar-refractivity contribution in [2.75, 3.05) is 44.3 Å². The predicted molar refractivity (Wildman–Crippen MR) is 97.6 cm³/mol. The first-order valence-electron chi connectivity index (χ1n) is 9.21. The molecule has 2 aromatic rings. The third-order valence-electron chi connectivity index (χ3n) is 5.31. The monoisotopic (exact) mass is 352 g/mol. The van der Waals surface area contributed by atoms with Gasteiger partial charge in [0.2, 0.25) is 0 Å². The number of nitriles is 1. The van der Waals surface area contributed by atoms with Gasteiger partial charge in [0.05, 0.1) is 26.0 Å². The minimum absolute atomic E-state index is 0.0890. The third kappa shape index (κ3) is 3.74. The number of hydrogen-bond acceptors (Lipinski definition) is 6. The molecule has 0 aliphatic carbocycles. The lowest BCUT2D eigenvalue weighted by Gasteiger charge is -2.43. The van der Waals surface area contributed by atoms with E-state index < -0.39 is 0 Å². The molecule has 1 spiro atoms. The lowest BCUT2D eigenvalue weighted by atomic mass is 9.80. The molecule has 26 heavy (non-hydrogen) atoms. The van der Waals surface area contributed by atoms with Crippen LogP contribution < -0.4 is 4.90 Å². The van der Waals surface area contributed by atoms with Crippen LogP contribution in [0.2, 0.25) is 0 Å². The Bertz CT molecular complexity index is 770. The van der Waals surface area contributed by atoms with Crippen molar-refractivity contribution in [1.29, 1.82) is 5.26 Å². The molecular weight excluding hydrogens is 328 g/mol. The van der Waals surface area contributed by atoms with Crippen molar-refractivity contribution in [2.45, 2.75) is 19.4 Å². The van der Waals surface area contributed by atoms with E-state index in [9.17, 15) is 0 Å². The van der Waals surface area contributed by atoms with Gasteiger partial charge in [0, 0.05) is 25.0 Å². The molecule has 0 unspecified atom stereocenters. The fourth-order valence-electron chi connectivity index (χ4n) is 4.17.